The summed E-state index contributed by atoms with van der Waals surface area (Å²) in [6, 6.07) is 1.29. The molecule has 2 unspecified atom stereocenters. The van der Waals surface area contributed by atoms with Gasteiger partial charge in [-0.25, -0.2) is 9.59 Å². The standard InChI is InChI=1S/C15H21N3O3/c1-10-4-3-6-15(8-10,13(19)20)18-14(21)17-12-9-16-7-5-11(12)2/h5,7,9-10H,3-4,6,8H2,1-2H3,(H,19,20)(H2,17,18,21). The van der Waals surface area contributed by atoms with Crippen LogP contribution in [0.15, 0.2) is 18.5 Å². The SMILES string of the molecule is Cc1ccncc1NC(=O)NC1(C(=O)O)CCCC(C)C1. The number of aliphatic carboxylic acids is 1. The summed E-state index contributed by atoms with van der Waals surface area (Å²) < 4.78 is 0. The molecule has 114 valence electrons. The van der Waals surface area contributed by atoms with Crippen LogP contribution in [0.5, 0.6) is 0 Å². The second kappa shape index (κ2) is 6.11. The molecule has 0 aromatic carbocycles. The number of amides is 2. The molecule has 2 rings (SSSR count). The molecule has 1 aliphatic carbocycles. The smallest absolute Gasteiger partial charge is 0.329 e. The molecule has 21 heavy (non-hydrogen) atoms. The van der Waals surface area contributed by atoms with Crippen LogP contribution >= 0.6 is 0 Å². The van der Waals surface area contributed by atoms with Gasteiger partial charge in [0.25, 0.3) is 0 Å². The lowest BCUT2D eigenvalue weighted by molar-refractivity contribution is -0.146. The number of pyridine rings is 1. The molecule has 0 spiro atoms. The van der Waals surface area contributed by atoms with E-state index in [1.54, 1.807) is 18.5 Å². The van der Waals surface area contributed by atoms with Crippen LogP contribution in [-0.2, 0) is 4.79 Å². The second-order valence-electron chi connectivity index (χ2n) is 5.86. The van der Waals surface area contributed by atoms with E-state index in [0.717, 1.165) is 18.4 Å². The lowest BCUT2D eigenvalue weighted by atomic mass is 9.76. The number of aromatic nitrogens is 1. The molecule has 0 saturated heterocycles. The Morgan fingerprint density at radius 1 is 1.48 bits per heavy atom. The van der Waals surface area contributed by atoms with E-state index in [4.69, 9.17) is 0 Å². The highest BCUT2D eigenvalue weighted by molar-refractivity contribution is 5.94. The third kappa shape index (κ3) is 3.51. The number of aryl methyl sites for hydroxylation is 1. The zero-order valence-electron chi connectivity index (χ0n) is 12.3. The highest BCUT2D eigenvalue weighted by Crippen LogP contribution is 2.32. The fraction of sp³-hybridized carbons (Fsp3) is 0.533. The van der Waals surface area contributed by atoms with E-state index in [-0.39, 0.29) is 5.92 Å². The topological polar surface area (TPSA) is 91.3 Å². The maximum Gasteiger partial charge on any atom is 0.329 e. The van der Waals surface area contributed by atoms with Gasteiger partial charge in [-0.05, 0) is 37.3 Å². The Balaban J connectivity index is 2.09. The maximum absolute atomic E-state index is 12.1. The van der Waals surface area contributed by atoms with Gasteiger partial charge >= 0.3 is 12.0 Å². The fourth-order valence-corrected chi connectivity index (χ4v) is 2.88. The molecule has 6 heteroatoms. The Bertz CT molecular complexity index is 547. The molecule has 0 radical (unpaired) electrons. The molecule has 2 atom stereocenters. The van der Waals surface area contributed by atoms with Crippen molar-refractivity contribution < 1.29 is 14.7 Å². The minimum atomic E-state index is -1.17. The number of hydrogen-bond acceptors (Lipinski definition) is 3. The average molecular weight is 291 g/mol. The van der Waals surface area contributed by atoms with E-state index in [2.05, 4.69) is 15.6 Å². The summed E-state index contributed by atoms with van der Waals surface area (Å²) in [6.45, 7) is 3.87. The first-order valence-corrected chi connectivity index (χ1v) is 7.16. The molecule has 1 heterocycles. The summed E-state index contributed by atoms with van der Waals surface area (Å²) in [5, 5.41) is 14.9. The molecular weight excluding hydrogens is 270 g/mol. The van der Waals surface area contributed by atoms with Gasteiger partial charge < -0.3 is 15.7 Å². The van der Waals surface area contributed by atoms with Crippen LogP contribution in [0.2, 0.25) is 0 Å². The zero-order valence-corrected chi connectivity index (χ0v) is 12.3. The van der Waals surface area contributed by atoms with E-state index in [0.29, 0.717) is 18.5 Å². The first kappa shape index (κ1) is 15.3. The van der Waals surface area contributed by atoms with Crippen LogP contribution in [0.25, 0.3) is 0 Å². The largest absolute Gasteiger partial charge is 0.480 e. The van der Waals surface area contributed by atoms with Crippen molar-refractivity contribution >= 4 is 17.7 Å². The summed E-state index contributed by atoms with van der Waals surface area (Å²) in [5.74, 6) is -0.678. The van der Waals surface area contributed by atoms with Crippen molar-refractivity contribution in [2.75, 3.05) is 5.32 Å². The third-order valence-electron chi connectivity index (χ3n) is 4.05. The first-order valence-electron chi connectivity index (χ1n) is 7.16. The number of carboxylic acids is 1. The Kier molecular flexibility index (Phi) is 4.45. The van der Waals surface area contributed by atoms with Gasteiger partial charge in [0.1, 0.15) is 5.54 Å². The summed E-state index contributed by atoms with van der Waals surface area (Å²) in [4.78, 5) is 27.7. The number of carboxylic acid groups (broad SMARTS) is 1. The molecule has 1 saturated carbocycles. The number of rotatable bonds is 3. The predicted octanol–water partition coefficient (Wildman–Crippen LogP) is 2.55. The third-order valence-corrected chi connectivity index (χ3v) is 4.05. The number of nitrogens with zero attached hydrogens (tertiary/aromatic N) is 1. The van der Waals surface area contributed by atoms with Gasteiger partial charge in [0.2, 0.25) is 0 Å². The Morgan fingerprint density at radius 3 is 2.86 bits per heavy atom. The van der Waals surface area contributed by atoms with Crippen molar-refractivity contribution in [3.63, 3.8) is 0 Å². The molecule has 1 fully saturated rings. The molecule has 1 aromatic heterocycles. The number of anilines is 1. The average Bonchev–Trinajstić information content (AvgIpc) is 2.41. The maximum atomic E-state index is 12.1. The molecule has 0 bridgehead atoms. The van der Waals surface area contributed by atoms with Crippen LogP contribution in [0.4, 0.5) is 10.5 Å². The van der Waals surface area contributed by atoms with Crippen LogP contribution in [0.3, 0.4) is 0 Å². The van der Waals surface area contributed by atoms with Crippen molar-refractivity contribution in [2.24, 2.45) is 5.92 Å². The van der Waals surface area contributed by atoms with Crippen molar-refractivity contribution in [1.29, 1.82) is 0 Å². The van der Waals surface area contributed by atoms with Gasteiger partial charge in [0, 0.05) is 6.20 Å². The Hall–Kier alpha value is -2.11. The lowest BCUT2D eigenvalue weighted by Gasteiger charge is -2.37. The monoisotopic (exact) mass is 291 g/mol. The van der Waals surface area contributed by atoms with Crippen molar-refractivity contribution in [2.45, 2.75) is 45.1 Å². The van der Waals surface area contributed by atoms with Crippen molar-refractivity contribution in [3.8, 4) is 0 Å². The normalized spacial score (nSPS) is 25.1. The van der Waals surface area contributed by atoms with E-state index in [1.165, 1.54) is 0 Å². The van der Waals surface area contributed by atoms with Crippen molar-refractivity contribution in [1.82, 2.24) is 10.3 Å². The molecule has 6 nitrogen and oxygen atoms in total. The summed E-state index contributed by atoms with van der Waals surface area (Å²) >= 11 is 0. The Labute approximate surface area is 124 Å². The molecule has 1 aromatic rings. The van der Waals surface area contributed by atoms with Gasteiger partial charge in [0.15, 0.2) is 0 Å². The second-order valence-corrected chi connectivity index (χ2v) is 5.86. The molecule has 2 amide bonds. The van der Waals surface area contributed by atoms with E-state index < -0.39 is 17.5 Å². The van der Waals surface area contributed by atoms with Gasteiger partial charge in [-0.3, -0.25) is 4.98 Å². The van der Waals surface area contributed by atoms with Crippen molar-refractivity contribution in [3.05, 3.63) is 24.0 Å². The number of hydrogen-bond donors (Lipinski definition) is 3. The van der Waals surface area contributed by atoms with E-state index in [1.807, 2.05) is 13.8 Å². The van der Waals surface area contributed by atoms with Crippen LogP contribution in [0.1, 0.15) is 38.2 Å². The predicted molar refractivity (Wildman–Crippen MR) is 79.1 cm³/mol. The number of carbonyl (C=O) groups excluding carboxylic acids is 1. The van der Waals surface area contributed by atoms with Crippen LogP contribution in [-0.4, -0.2) is 27.6 Å². The van der Waals surface area contributed by atoms with Gasteiger partial charge in [0.05, 0.1) is 11.9 Å². The first-order chi connectivity index (χ1) is 9.93. The van der Waals surface area contributed by atoms with Crippen LogP contribution < -0.4 is 10.6 Å². The minimum Gasteiger partial charge on any atom is -0.480 e. The zero-order chi connectivity index (χ0) is 15.5. The fourth-order valence-electron chi connectivity index (χ4n) is 2.88. The minimum absolute atomic E-state index is 0.287. The summed E-state index contributed by atoms with van der Waals surface area (Å²) in [5.41, 5.74) is 0.290. The lowest BCUT2D eigenvalue weighted by Crippen LogP contribution is -2.57. The van der Waals surface area contributed by atoms with Gasteiger partial charge in [-0.2, -0.15) is 0 Å². The quantitative estimate of drug-likeness (QED) is 0.798. The van der Waals surface area contributed by atoms with Crippen LogP contribution in [0, 0.1) is 12.8 Å². The molecule has 1 aliphatic rings. The molecular formula is C15H21N3O3. The van der Waals surface area contributed by atoms with Gasteiger partial charge in [-0.15, -0.1) is 0 Å². The molecule has 3 N–H and O–H groups in total. The number of nitrogens with one attached hydrogen (secondary N) is 2. The highest BCUT2D eigenvalue weighted by Gasteiger charge is 2.43. The van der Waals surface area contributed by atoms with Gasteiger partial charge in [-0.1, -0.05) is 19.8 Å². The Morgan fingerprint density at radius 2 is 2.24 bits per heavy atom. The number of carbonyl (C=O) groups is 2. The van der Waals surface area contributed by atoms with E-state index in [9.17, 15) is 14.7 Å². The summed E-state index contributed by atoms with van der Waals surface area (Å²) in [7, 11) is 0. The molecule has 0 aliphatic heterocycles. The highest BCUT2D eigenvalue weighted by atomic mass is 16.4. The number of urea groups is 1. The summed E-state index contributed by atoms with van der Waals surface area (Å²) in [6.07, 6.45) is 5.92. The van der Waals surface area contributed by atoms with E-state index >= 15 is 0 Å².